The molecule has 0 saturated heterocycles. The van der Waals surface area contributed by atoms with E-state index in [-0.39, 0.29) is 12.4 Å². The zero-order chi connectivity index (χ0) is 23.0. The van der Waals surface area contributed by atoms with Crippen LogP contribution in [0.2, 0.25) is 0 Å². The van der Waals surface area contributed by atoms with Crippen molar-refractivity contribution in [3.63, 3.8) is 0 Å². The zero-order valence-corrected chi connectivity index (χ0v) is 18.7. The Balaban J connectivity index is 0.00000107. The van der Waals surface area contributed by atoms with Gasteiger partial charge in [-0.25, -0.2) is 0 Å². The summed E-state index contributed by atoms with van der Waals surface area (Å²) in [5, 5.41) is 13.8. The van der Waals surface area contributed by atoms with Crippen LogP contribution in [0, 0.1) is 6.92 Å². The first kappa shape index (κ1) is 24.3. The lowest BCUT2D eigenvalue weighted by Crippen LogP contribution is -2.30. The second-order valence-corrected chi connectivity index (χ2v) is 7.28. The van der Waals surface area contributed by atoms with Gasteiger partial charge < -0.3 is 24.5 Å². The first-order chi connectivity index (χ1) is 14.8. The largest absolute Gasteiger partial charge is 0.491 e. The van der Waals surface area contributed by atoms with Crippen molar-refractivity contribution < 1.29 is 27.5 Å². The summed E-state index contributed by atoms with van der Waals surface area (Å²) in [6.07, 6.45) is -0.572. The predicted molar refractivity (Wildman–Crippen MR) is 119 cm³/mol. The topological polar surface area (TPSA) is 109 Å². The molecule has 0 amide bonds. The summed E-state index contributed by atoms with van der Waals surface area (Å²) >= 11 is -0.750. The number of furan rings is 1. The lowest BCUT2D eigenvalue weighted by Gasteiger charge is -2.16. The maximum Gasteiger partial charge on any atom is 0.335 e. The number of anilines is 1. The van der Waals surface area contributed by atoms with Gasteiger partial charge in [0.25, 0.3) is 0 Å². The van der Waals surface area contributed by atoms with Gasteiger partial charge in [0, 0.05) is 30.2 Å². The van der Waals surface area contributed by atoms with Gasteiger partial charge in [-0.1, -0.05) is 0 Å². The van der Waals surface area contributed by atoms with Gasteiger partial charge in [0.2, 0.25) is 0 Å². The Morgan fingerprint density at radius 3 is 2.42 bits per heavy atom. The van der Waals surface area contributed by atoms with Crippen LogP contribution in [0.3, 0.4) is 0 Å². The average molecular weight is 447 g/mol. The van der Waals surface area contributed by atoms with E-state index in [0.29, 0.717) is 34.8 Å². The van der Waals surface area contributed by atoms with E-state index < -0.39 is 17.7 Å². The van der Waals surface area contributed by atoms with E-state index in [1.165, 1.54) is 0 Å². The third kappa shape index (κ3) is 6.48. The van der Waals surface area contributed by atoms with Crippen LogP contribution in [-0.4, -0.2) is 64.6 Å². The molecular formula is C22H26N2O6S. The summed E-state index contributed by atoms with van der Waals surface area (Å²) < 4.78 is 27.9. The summed E-state index contributed by atoms with van der Waals surface area (Å²) in [5.41, 5.74) is 2.74. The molecule has 0 fully saturated rings. The number of nitrogens with zero attached hydrogens (tertiary/aromatic N) is 1. The van der Waals surface area contributed by atoms with Crippen LogP contribution in [0.5, 0.6) is 5.75 Å². The number of fused-ring (bicyclic) bond motifs is 1. The highest BCUT2D eigenvalue weighted by atomic mass is 32.1. The van der Waals surface area contributed by atoms with E-state index in [1.807, 2.05) is 44.2 Å². The number of nitrogens with one attached hydrogen (secondary N) is 1. The Morgan fingerprint density at radius 2 is 1.84 bits per heavy atom. The molecule has 1 unspecified atom stereocenters. The van der Waals surface area contributed by atoms with Gasteiger partial charge >= 0.3 is 11.6 Å². The smallest absolute Gasteiger partial charge is 0.335 e. The predicted octanol–water partition coefficient (Wildman–Crippen LogP) is 2.65. The van der Waals surface area contributed by atoms with Crippen molar-refractivity contribution in [3.8, 4) is 5.75 Å². The van der Waals surface area contributed by atoms with Crippen LogP contribution in [0.1, 0.15) is 21.7 Å². The van der Waals surface area contributed by atoms with Crippen LogP contribution >= 0.6 is 0 Å². The minimum atomic E-state index is -0.750. The van der Waals surface area contributed by atoms with Gasteiger partial charge in [-0.15, -0.1) is 0 Å². The fraction of sp³-hybridized carbons (Fsp3) is 0.318. The SMILES string of the molecule is CNc1ccc2oc(C)c(C(=O)c3ccc(OCC(O)CN(C)C)cc3)c2c1.O=S=O. The van der Waals surface area contributed by atoms with E-state index >= 15 is 0 Å². The van der Waals surface area contributed by atoms with Crippen molar-refractivity contribution in [3.05, 3.63) is 59.4 Å². The van der Waals surface area contributed by atoms with Crippen molar-refractivity contribution in [2.45, 2.75) is 13.0 Å². The number of hydrogen-bond acceptors (Lipinski definition) is 8. The minimum absolute atomic E-state index is 0.0938. The molecule has 31 heavy (non-hydrogen) atoms. The first-order valence-electron chi connectivity index (χ1n) is 9.53. The fourth-order valence-electron chi connectivity index (χ4n) is 3.17. The van der Waals surface area contributed by atoms with Crippen LogP contribution in [0.4, 0.5) is 5.69 Å². The van der Waals surface area contributed by atoms with Crippen LogP contribution in [-0.2, 0) is 11.6 Å². The van der Waals surface area contributed by atoms with Gasteiger partial charge in [-0.05, 0) is 63.5 Å². The highest BCUT2D eigenvalue weighted by molar-refractivity contribution is 7.51. The zero-order valence-electron chi connectivity index (χ0n) is 17.9. The summed E-state index contributed by atoms with van der Waals surface area (Å²) in [5.74, 6) is 1.12. The number of likely N-dealkylation sites (N-methyl/N-ethyl adjacent to an activating group) is 1. The number of rotatable bonds is 8. The highest BCUT2D eigenvalue weighted by Crippen LogP contribution is 2.30. The highest BCUT2D eigenvalue weighted by Gasteiger charge is 2.20. The van der Waals surface area contributed by atoms with E-state index in [9.17, 15) is 9.90 Å². The molecule has 166 valence electrons. The van der Waals surface area contributed by atoms with Crippen molar-refractivity contribution in [1.82, 2.24) is 4.90 Å². The van der Waals surface area contributed by atoms with Gasteiger partial charge in [0.05, 0.1) is 5.56 Å². The number of ketones is 1. The third-order valence-electron chi connectivity index (χ3n) is 4.51. The second-order valence-electron chi connectivity index (χ2n) is 7.14. The molecule has 3 rings (SSSR count). The van der Waals surface area contributed by atoms with Gasteiger partial charge in [-0.3, -0.25) is 4.79 Å². The van der Waals surface area contributed by atoms with Crippen LogP contribution in [0.25, 0.3) is 11.0 Å². The normalized spacial score (nSPS) is 11.5. The van der Waals surface area contributed by atoms with Gasteiger partial charge in [-0.2, -0.15) is 8.42 Å². The number of hydrogen-bond donors (Lipinski definition) is 2. The number of aryl methyl sites for hydroxylation is 1. The molecule has 0 aliphatic heterocycles. The first-order valence-corrected chi connectivity index (χ1v) is 10.2. The summed E-state index contributed by atoms with van der Waals surface area (Å²) in [4.78, 5) is 15.0. The molecular weight excluding hydrogens is 420 g/mol. The molecule has 2 N–H and O–H groups in total. The van der Waals surface area contributed by atoms with Gasteiger partial charge in [0.1, 0.15) is 29.8 Å². The van der Waals surface area contributed by atoms with Crippen molar-refractivity contribution >= 4 is 34.0 Å². The number of aliphatic hydroxyl groups is 1. The Hall–Kier alpha value is -3.01. The molecule has 0 bridgehead atoms. The van der Waals surface area contributed by atoms with E-state index in [1.54, 1.807) is 31.2 Å². The Labute approximate surface area is 184 Å². The Kier molecular flexibility index (Phi) is 8.92. The Morgan fingerprint density at radius 1 is 1.19 bits per heavy atom. The molecule has 8 nitrogen and oxygen atoms in total. The van der Waals surface area contributed by atoms with Crippen LogP contribution < -0.4 is 10.1 Å². The van der Waals surface area contributed by atoms with Crippen molar-refractivity contribution in [1.29, 1.82) is 0 Å². The lowest BCUT2D eigenvalue weighted by molar-refractivity contribution is 0.0830. The molecule has 1 aromatic heterocycles. The maximum absolute atomic E-state index is 13.1. The minimum Gasteiger partial charge on any atom is -0.491 e. The monoisotopic (exact) mass is 446 g/mol. The van der Waals surface area contributed by atoms with Crippen LogP contribution in [0.15, 0.2) is 46.9 Å². The number of carbonyl (C=O) groups excluding carboxylic acids is 1. The molecule has 9 heteroatoms. The molecule has 2 aromatic carbocycles. The number of ether oxygens (including phenoxy) is 1. The fourth-order valence-corrected chi connectivity index (χ4v) is 3.17. The molecule has 1 atom stereocenters. The summed E-state index contributed by atoms with van der Waals surface area (Å²) in [6, 6.07) is 12.6. The Bertz CT molecular complexity index is 1060. The summed E-state index contributed by atoms with van der Waals surface area (Å²) in [6.45, 7) is 2.53. The molecule has 0 saturated carbocycles. The van der Waals surface area contributed by atoms with Crippen molar-refractivity contribution in [2.24, 2.45) is 0 Å². The maximum atomic E-state index is 13.1. The standard InChI is InChI=1S/C22H26N2O4.O2S/c1-14-21(19-11-16(23-2)7-10-20(19)28-14)22(26)15-5-8-18(9-6-15)27-13-17(25)12-24(3)4;1-3-2/h5-11,17,23,25H,12-13H2,1-4H3;. The number of aliphatic hydroxyl groups excluding tert-OH is 1. The number of carbonyl (C=O) groups is 1. The molecule has 1 heterocycles. The quantitative estimate of drug-likeness (QED) is 0.509. The molecule has 3 aromatic rings. The number of benzene rings is 2. The molecule has 0 aliphatic carbocycles. The van der Waals surface area contributed by atoms with E-state index in [2.05, 4.69) is 5.32 Å². The second kappa shape index (κ2) is 11.4. The lowest BCUT2D eigenvalue weighted by atomic mass is 10.00. The van der Waals surface area contributed by atoms with E-state index in [4.69, 9.17) is 17.6 Å². The third-order valence-corrected chi connectivity index (χ3v) is 4.51. The molecule has 0 spiro atoms. The van der Waals surface area contributed by atoms with E-state index in [0.717, 1.165) is 11.1 Å². The summed E-state index contributed by atoms with van der Waals surface area (Å²) in [7, 11) is 5.62. The van der Waals surface area contributed by atoms with Crippen molar-refractivity contribution in [2.75, 3.05) is 39.6 Å². The van der Waals surface area contributed by atoms with Gasteiger partial charge in [0.15, 0.2) is 5.78 Å². The average Bonchev–Trinajstić information content (AvgIpc) is 3.07. The molecule has 0 aliphatic rings. The molecule has 0 radical (unpaired) electrons.